The largest absolute Gasteiger partial charge is 0.435 e. The van der Waals surface area contributed by atoms with Gasteiger partial charge in [-0.3, -0.25) is 4.79 Å². The third-order valence-electron chi connectivity index (χ3n) is 4.33. The average Bonchev–Trinajstić information content (AvgIpc) is 2.66. The maximum Gasteiger partial charge on any atom is 0.435 e. The Bertz CT molecular complexity index is 1050. The molecule has 2 aromatic carbocycles. The van der Waals surface area contributed by atoms with E-state index >= 15 is 0 Å². The summed E-state index contributed by atoms with van der Waals surface area (Å²) < 4.78 is 146. The minimum atomic E-state index is -6.67. The third kappa shape index (κ3) is 4.87. The van der Waals surface area contributed by atoms with Crippen molar-refractivity contribution in [3.8, 4) is 0 Å². The predicted octanol–water partition coefficient (Wildman–Crippen LogP) is 7.19. The first-order valence-corrected chi connectivity index (χ1v) is 9.16. The average molecular weight is 559 g/mol. The molecule has 0 saturated carbocycles. The van der Waals surface area contributed by atoms with Crippen LogP contribution in [-0.2, 0) is 11.8 Å². The molecule has 0 saturated heterocycles. The number of nitrogens with one attached hydrogen (secondary N) is 2. The molecule has 0 radical (unpaired) electrons. The molecule has 0 atom stereocenters. The van der Waals surface area contributed by atoms with Crippen molar-refractivity contribution in [2.75, 3.05) is 17.7 Å². The number of benzene rings is 2. The van der Waals surface area contributed by atoms with Crippen LogP contribution in [0.4, 0.5) is 59.7 Å². The first-order chi connectivity index (χ1) is 14.9. The van der Waals surface area contributed by atoms with Crippen molar-refractivity contribution in [3.05, 3.63) is 57.3 Å². The van der Waals surface area contributed by atoms with Gasteiger partial charge in [-0.1, -0.05) is 6.07 Å². The summed E-state index contributed by atoms with van der Waals surface area (Å²) in [6, 6.07) is 2.26. The van der Waals surface area contributed by atoms with E-state index in [-0.39, 0.29) is 11.8 Å². The summed E-state index contributed by atoms with van der Waals surface area (Å²) in [5.41, 5.74) is -13.2. The number of rotatable bonds is 4. The monoisotopic (exact) mass is 558 g/mol. The van der Waals surface area contributed by atoms with Crippen LogP contribution in [-0.4, -0.2) is 25.3 Å². The third-order valence-corrected chi connectivity index (χ3v) is 4.95. The predicted molar refractivity (Wildman–Crippen MR) is 97.9 cm³/mol. The van der Waals surface area contributed by atoms with Gasteiger partial charge in [-0.05, 0) is 40.2 Å². The lowest BCUT2D eigenvalue weighted by Gasteiger charge is -2.31. The van der Waals surface area contributed by atoms with Crippen LogP contribution in [0.25, 0.3) is 0 Å². The van der Waals surface area contributed by atoms with E-state index < -0.39 is 68.8 Å². The molecule has 3 nitrogen and oxygen atoms in total. The van der Waals surface area contributed by atoms with Crippen LogP contribution in [0.5, 0.6) is 0 Å². The number of carbonyl (C=O) groups excluding carboxylic acids is 1. The van der Waals surface area contributed by atoms with Crippen LogP contribution < -0.4 is 10.6 Å². The lowest BCUT2D eigenvalue weighted by Crippen LogP contribution is -2.50. The standard InChI is InChI=1S/C18H10BrF11N2O/c1-31-11-4-2-3-8(12(11)20)14(33)32-13-9(16(22,23)24)5-7(6-10(13)19)15(21,17(25,26)27)18(28,29)30/h2-6,31H,1H3,(H,32,33). The highest BCUT2D eigenvalue weighted by atomic mass is 79.9. The first kappa shape index (κ1) is 26.7. The SMILES string of the molecule is CNc1cccc(C(=O)Nc2c(Br)cc(C(F)(C(F)(F)F)C(F)(F)F)cc2C(F)(F)F)c1F. The minimum Gasteiger partial charge on any atom is -0.386 e. The van der Waals surface area contributed by atoms with Crippen molar-refractivity contribution in [2.24, 2.45) is 0 Å². The molecule has 182 valence electrons. The van der Waals surface area contributed by atoms with E-state index in [0.717, 1.165) is 12.1 Å². The lowest BCUT2D eigenvalue weighted by atomic mass is 9.92. The summed E-state index contributed by atoms with van der Waals surface area (Å²) in [7, 11) is 1.27. The van der Waals surface area contributed by atoms with Crippen molar-refractivity contribution < 1.29 is 53.1 Å². The molecule has 0 aliphatic rings. The topological polar surface area (TPSA) is 41.1 Å². The van der Waals surface area contributed by atoms with Crippen molar-refractivity contribution >= 4 is 33.2 Å². The molecule has 1 amide bonds. The number of halogens is 12. The fraction of sp³-hybridized carbons (Fsp3) is 0.278. The Morgan fingerprint density at radius 2 is 1.45 bits per heavy atom. The Labute approximate surface area is 186 Å². The van der Waals surface area contributed by atoms with Gasteiger partial charge < -0.3 is 10.6 Å². The highest BCUT2D eigenvalue weighted by molar-refractivity contribution is 9.10. The van der Waals surface area contributed by atoms with Crippen LogP contribution in [0.2, 0.25) is 0 Å². The van der Waals surface area contributed by atoms with Crippen LogP contribution in [0, 0.1) is 5.82 Å². The lowest BCUT2D eigenvalue weighted by molar-refractivity contribution is -0.348. The second kappa shape index (κ2) is 8.65. The summed E-state index contributed by atoms with van der Waals surface area (Å²) in [5, 5.41) is 3.95. The molecule has 2 rings (SSSR count). The van der Waals surface area contributed by atoms with Crippen molar-refractivity contribution in [1.29, 1.82) is 0 Å². The fourth-order valence-corrected chi connectivity index (χ4v) is 3.28. The van der Waals surface area contributed by atoms with Gasteiger partial charge in [0, 0.05) is 17.1 Å². The van der Waals surface area contributed by atoms with Gasteiger partial charge in [0.05, 0.1) is 22.5 Å². The van der Waals surface area contributed by atoms with E-state index in [1.165, 1.54) is 13.1 Å². The highest BCUT2D eigenvalue weighted by Gasteiger charge is 2.73. The quantitative estimate of drug-likeness (QED) is 0.390. The molecular formula is C18H10BrF11N2O. The van der Waals surface area contributed by atoms with Gasteiger partial charge in [0.1, 0.15) is 0 Å². The van der Waals surface area contributed by atoms with Gasteiger partial charge in [0.15, 0.2) is 5.82 Å². The van der Waals surface area contributed by atoms with E-state index in [4.69, 9.17) is 0 Å². The molecule has 0 aliphatic heterocycles. The van der Waals surface area contributed by atoms with Crippen molar-refractivity contribution in [2.45, 2.75) is 24.2 Å². The Morgan fingerprint density at radius 1 is 0.909 bits per heavy atom. The van der Waals surface area contributed by atoms with Gasteiger partial charge in [0.2, 0.25) is 0 Å². The molecule has 33 heavy (non-hydrogen) atoms. The molecule has 0 bridgehead atoms. The number of carbonyl (C=O) groups is 1. The maximum atomic E-state index is 14.3. The summed E-state index contributed by atoms with van der Waals surface area (Å²) >= 11 is 2.34. The van der Waals surface area contributed by atoms with Crippen LogP contribution >= 0.6 is 15.9 Å². The van der Waals surface area contributed by atoms with Gasteiger partial charge in [0.25, 0.3) is 5.91 Å². The van der Waals surface area contributed by atoms with Crippen LogP contribution in [0.1, 0.15) is 21.5 Å². The molecule has 2 aromatic rings. The Morgan fingerprint density at radius 3 is 1.91 bits per heavy atom. The smallest absolute Gasteiger partial charge is 0.386 e. The Kier molecular flexibility index (Phi) is 6.99. The zero-order valence-corrected chi connectivity index (χ0v) is 17.4. The summed E-state index contributed by atoms with van der Waals surface area (Å²) in [6.45, 7) is 0. The van der Waals surface area contributed by atoms with Crippen molar-refractivity contribution in [1.82, 2.24) is 0 Å². The first-order valence-electron chi connectivity index (χ1n) is 8.37. The van der Waals surface area contributed by atoms with Crippen molar-refractivity contribution in [3.63, 3.8) is 0 Å². The molecular weight excluding hydrogens is 549 g/mol. The molecule has 0 spiro atoms. The molecule has 0 aliphatic carbocycles. The van der Waals surface area contributed by atoms with Gasteiger partial charge in [-0.15, -0.1) is 0 Å². The normalized spacial score (nSPS) is 13.1. The van der Waals surface area contributed by atoms with E-state index in [9.17, 15) is 53.1 Å². The van der Waals surface area contributed by atoms with Crippen LogP contribution in [0.3, 0.4) is 0 Å². The molecule has 0 fully saturated rings. The second-order valence-electron chi connectivity index (χ2n) is 6.40. The maximum absolute atomic E-state index is 14.3. The zero-order valence-electron chi connectivity index (χ0n) is 15.8. The van der Waals surface area contributed by atoms with Gasteiger partial charge >= 0.3 is 24.2 Å². The van der Waals surface area contributed by atoms with E-state index in [0.29, 0.717) is 0 Å². The highest BCUT2D eigenvalue weighted by Crippen LogP contribution is 2.55. The van der Waals surface area contributed by atoms with Crippen LogP contribution in [0.15, 0.2) is 34.8 Å². The summed E-state index contributed by atoms with van der Waals surface area (Å²) in [5.74, 6) is -2.71. The molecule has 2 N–H and O–H groups in total. The zero-order chi connectivity index (χ0) is 25.6. The molecule has 0 heterocycles. The second-order valence-corrected chi connectivity index (χ2v) is 7.26. The van der Waals surface area contributed by atoms with E-state index in [1.54, 1.807) is 5.32 Å². The number of amides is 1. The molecule has 0 aromatic heterocycles. The van der Waals surface area contributed by atoms with Gasteiger partial charge in [-0.25, -0.2) is 8.78 Å². The number of hydrogen-bond donors (Lipinski definition) is 2. The molecule has 15 heteroatoms. The Balaban J connectivity index is 2.71. The fourth-order valence-electron chi connectivity index (χ4n) is 2.73. The Hall–Kier alpha value is -2.58. The minimum absolute atomic E-state index is 0.202. The molecule has 0 unspecified atom stereocenters. The number of anilines is 2. The van der Waals surface area contributed by atoms with Gasteiger partial charge in [-0.2, -0.15) is 39.5 Å². The number of hydrogen-bond acceptors (Lipinski definition) is 2. The van der Waals surface area contributed by atoms with E-state index in [2.05, 4.69) is 21.2 Å². The summed E-state index contributed by atoms with van der Waals surface area (Å²) in [6.07, 6.45) is -19.0. The number of alkyl halides is 10. The van der Waals surface area contributed by atoms with E-state index in [1.807, 2.05) is 0 Å². The summed E-state index contributed by atoms with van der Waals surface area (Å²) in [4.78, 5) is 12.3.